The largest absolute Gasteiger partial charge is 0.383 e. The van der Waals surface area contributed by atoms with Gasteiger partial charge in [0.25, 0.3) is 0 Å². The van der Waals surface area contributed by atoms with Gasteiger partial charge < -0.3 is 10.1 Å². The molecular formula is C12H15Cl2NO4S. The summed E-state index contributed by atoms with van der Waals surface area (Å²) in [4.78, 5) is 11.6. The average Bonchev–Trinajstić information content (AvgIpc) is 2.37. The zero-order valence-electron chi connectivity index (χ0n) is 11.0. The van der Waals surface area contributed by atoms with Crippen LogP contribution < -0.4 is 5.32 Å². The van der Waals surface area contributed by atoms with Crippen molar-refractivity contribution in [3.05, 3.63) is 28.2 Å². The number of methoxy groups -OCH3 is 1. The Bertz CT molecular complexity index is 569. The number of hydrogen-bond donors (Lipinski definition) is 1. The van der Waals surface area contributed by atoms with E-state index in [9.17, 15) is 13.2 Å². The minimum Gasteiger partial charge on any atom is -0.383 e. The van der Waals surface area contributed by atoms with Crippen molar-refractivity contribution in [1.82, 2.24) is 5.32 Å². The third kappa shape index (κ3) is 3.85. The van der Waals surface area contributed by atoms with Crippen LogP contribution in [-0.2, 0) is 19.4 Å². The number of carbonyl (C=O) groups excluding carboxylic acids is 1. The topological polar surface area (TPSA) is 72.5 Å². The van der Waals surface area contributed by atoms with Crippen molar-refractivity contribution in [2.24, 2.45) is 0 Å². The smallest absolute Gasteiger partial charge is 0.238 e. The van der Waals surface area contributed by atoms with E-state index in [4.69, 9.17) is 27.9 Å². The van der Waals surface area contributed by atoms with Crippen molar-refractivity contribution in [1.29, 1.82) is 0 Å². The van der Waals surface area contributed by atoms with Gasteiger partial charge in [0.05, 0.1) is 16.7 Å². The highest BCUT2D eigenvalue weighted by atomic mass is 35.5. The quantitative estimate of drug-likeness (QED) is 0.803. The number of sulfone groups is 1. The van der Waals surface area contributed by atoms with Gasteiger partial charge in [0.1, 0.15) is 10.1 Å². The second kappa shape index (κ2) is 7.26. The van der Waals surface area contributed by atoms with Gasteiger partial charge in [-0.15, -0.1) is 0 Å². The van der Waals surface area contributed by atoms with E-state index >= 15 is 0 Å². The minimum absolute atomic E-state index is 0.00552. The first-order valence-corrected chi connectivity index (χ1v) is 8.07. The second-order valence-electron chi connectivity index (χ2n) is 4.02. The Morgan fingerprint density at radius 3 is 2.40 bits per heavy atom. The highest BCUT2D eigenvalue weighted by Gasteiger charge is 2.33. The predicted octanol–water partition coefficient (Wildman–Crippen LogP) is 1.92. The lowest BCUT2D eigenvalue weighted by Crippen LogP contribution is -2.39. The maximum atomic E-state index is 12.4. The van der Waals surface area contributed by atoms with Crippen LogP contribution in [0.1, 0.15) is 6.92 Å². The van der Waals surface area contributed by atoms with E-state index in [0.717, 1.165) is 0 Å². The molecule has 1 rings (SSSR count). The number of nitrogens with one attached hydrogen (secondary N) is 1. The normalized spacial score (nSPS) is 13.0. The molecule has 0 heterocycles. The van der Waals surface area contributed by atoms with Gasteiger partial charge in [0, 0.05) is 13.7 Å². The fraction of sp³-hybridized carbons (Fsp3) is 0.417. The Hall–Kier alpha value is -0.820. The van der Waals surface area contributed by atoms with E-state index in [1.54, 1.807) is 0 Å². The fourth-order valence-electron chi connectivity index (χ4n) is 1.49. The number of hydrogen-bond acceptors (Lipinski definition) is 4. The first kappa shape index (κ1) is 17.2. The molecule has 0 spiro atoms. The summed E-state index contributed by atoms with van der Waals surface area (Å²) < 4.78 is 29.5. The van der Waals surface area contributed by atoms with Gasteiger partial charge >= 0.3 is 0 Å². The van der Waals surface area contributed by atoms with Crippen molar-refractivity contribution in [3.8, 4) is 0 Å². The van der Waals surface area contributed by atoms with Crippen LogP contribution in [0.5, 0.6) is 0 Å². The predicted molar refractivity (Wildman–Crippen MR) is 78.0 cm³/mol. The van der Waals surface area contributed by atoms with E-state index in [-0.39, 0.29) is 21.5 Å². The summed E-state index contributed by atoms with van der Waals surface area (Å²) >= 11 is 11.7. The Labute approximate surface area is 128 Å². The Morgan fingerprint density at radius 2 is 1.90 bits per heavy atom. The maximum absolute atomic E-state index is 12.4. The van der Waals surface area contributed by atoms with Gasteiger partial charge in [0.2, 0.25) is 5.91 Å². The van der Waals surface area contributed by atoms with Crippen LogP contribution in [0.25, 0.3) is 0 Å². The third-order valence-electron chi connectivity index (χ3n) is 2.64. The molecule has 1 aromatic carbocycles. The van der Waals surface area contributed by atoms with Crippen LogP contribution in [0, 0.1) is 0 Å². The summed E-state index contributed by atoms with van der Waals surface area (Å²) in [5.74, 6) is -0.627. The van der Waals surface area contributed by atoms with Gasteiger partial charge in [0.15, 0.2) is 9.84 Å². The van der Waals surface area contributed by atoms with Crippen molar-refractivity contribution < 1.29 is 17.9 Å². The van der Waals surface area contributed by atoms with Crippen molar-refractivity contribution in [2.75, 3.05) is 20.3 Å². The number of rotatable bonds is 6. The summed E-state index contributed by atoms with van der Waals surface area (Å²) in [5, 5.41) is 1.16. The molecule has 0 bridgehead atoms. The molecule has 0 saturated carbocycles. The highest BCUT2D eigenvalue weighted by Crippen LogP contribution is 2.31. The number of benzene rings is 1. The van der Waals surface area contributed by atoms with Crippen molar-refractivity contribution in [3.63, 3.8) is 0 Å². The summed E-state index contributed by atoms with van der Waals surface area (Å²) in [7, 11) is -2.47. The number of amides is 1. The molecule has 0 aromatic heterocycles. The molecule has 8 heteroatoms. The lowest BCUT2D eigenvalue weighted by molar-refractivity contribution is -0.120. The summed E-state index contributed by atoms with van der Waals surface area (Å²) in [6.45, 7) is 1.81. The van der Waals surface area contributed by atoms with Gasteiger partial charge in [-0.05, 0) is 19.1 Å². The molecule has 0 aliphatic carbocycles. The molecule has 5 nitrogen and oxygen atoms in total. The molecule has 0 unspecified atom stereocenters. The van der Waals surface area contributed by atoms with Crippen LogP contribution in [0.15, 0.2) is 23.1 Å². The molecule has 0 aliphatic rings. The maximum Gasteiger partial charge on any atom is 0.238 e. The molecule has 0 fully saturated rings. The number of halogens is 2. The molecule has 0 saturated heterocycles. The standard InChI is InChI=1S/C12H15Cl2NO4S/c1-8(12(16)15-6-7-19-2)20(17,18)11-9(13)4-3-5-10(11)14/h3-5,8H,6-7H2,1-2H3,(H,15,16)/t8-/m1/s1. The molecule has 112 valence electrons. The van der Waals surface area contributed by atoms with Crippen LogP contribution >= 0.6 is 23.2 Å². The Morgan fingerprint density at radius 1 is 1.35 bits per heavy atom. The summed E-state index contributed by atoms with van der Waals surface area (Å²) in [6.07, 6.45) is 0. The lowest BCUT2D eigenvalue weighted by atomic mass is 10.4. The zero-order chi connectivity index (χ0) is 15.3. The lowest BCUT2D eigenvalue weighted by Gasteiger charge is -2.15. The first-order chi connectivity index (χ1) is 9.32. The summed E-state index contributed by atoms with van der Waals surface area (Å²) in [5.41, 5.74) is 0. The van der Waals surface area contributed by atoms with E-state index in [1.165, 1.54) is 32.2 Å². The van der Waals surface area contributed by atoms with E-state index in [2.05, 4.69) is 5.32 Å². The van der Waals surface area contributed by atoms with Gasteiger partial charge in [-0.1, -0.05) is 29.3 Å². The molecule has 1 aromatic rings. The Balaban J connectivity index is 3.01. The fourth-order valence-corrected chi connectivity index (χ4v) is 3.93. The highest BCUT2D eigenvalue weighted by molar-refractivity contribution is 7.93. The number of ether oxygens (including phenoxy) is 1. The minimum atomic E-state index is -3.95. The van der Waals surface area contributed by atoms with Gasteiger partial charge in [-0.3, -0.25) is 4.79 Å². The van der Waals surface area contributed by atoms with Crippen molar-refractivity contribution >= 4 is 38.9 Å². The molecule has 0 radical (unpaired) electrons. The van der Waals surface area contributed by atoms with Crippen LogP contribution in [0.2, 0.25) is 10.0 Å². The molecule has 1 atom stereocenters. The third-order valence-corrected chi connectivity index (χ3v) is 5.65. The molecule has 20 heavy (non-hydrogen) atoms. The monoisotopic (exact) mass is 339 g/mol. The number of carbonyl (C=O) groups is 1. The van der Waals surface area contributed by atoms with Crippen LogP contribution in [-0.4, -0.2) is 39.8 Å². The van der Waals surface area contributed by atoms with E-state index in [1.807, 2.05) is 0 Å². The zero-order valence-corrected chi connectivity index (χ0v) is 13.3. The molecule has 0 aliphatic heterocycles. The second-order valence-corrected chi connectivity index (χ2v) is 7.04. The average molecular weight is 340 g/mol. The van der Waals surface area contributed by atoms with E-state index in [0.29, 0.717) is 6.61 Å². The molecule has 1 N–H and O–H groups in total. The van der Waals surface area contributed by atoms with Gasteiger partial charge in [-0.25, -0.2) is 8.42 Å². The van der Waals surface area contributed by atoms with Crippen LogP contribution in [0.3, 0.4) is 0 Å². The van der Waals surface area contributed by atoms with Crippen molar-refractivity contribution in [2.45, 2.75) is 17.1 Å². The SMILES string of the molecule is COCCNC(=O)[C@@H](C)S(=O)(=O)c1c(Cl)cccc1Cl. The summed E-state index contributed by atoms with van der Waals surface area (Å²) in [6, 6.07) is 4.36. The Kier molecular flexibility index (Phi) is 6.26. The van der Waals surface area contributed by atoms with Gasteiger partial charge in [-0.2, -0.15) is 0 Å². The first-order valence-electron chi connectivity index (χ1n) is 5.77. The molecule has 1 amide bonds. The van der Waals surface area contributed by atoms with Crippen LogP contribution in [0.4, 0.5) is 0 Å². The molecular weight excluding hydrogens is 325 g/mol. The van der Waals surface area contributed by atoms with E-state index < -0.39 is 21.0 Å².